The second-order valence-corrected chi connectivity index (χ2v) is 7.75. The highest BCUT2D eigenvalue weighted by atomic mass is 16.5. The Hall–Kier alpha value is -4.60. The van der Waals surface area contributed by atoms with E-state index in [4.69, 9.17) is 10.5 Å². The van der Waals surface area contributed by atoms with Crippen molar-refractivity contribution < 1.29 is 19.4 Å². The lowest BCUT2D eigenvalue weighted by Gasteiger charge is -2.27. The number of nitrogen functional groups attached to an aromatic ring is 1. The molecule has 0 aliphatic carbocycles. The zero-order valence-electron chi connectivity index (χ0n) is 17.6. The van der Waals surface area contributed by atoms with Gasteiger partial charge in [-0.3, -0.25) is 10.1 Å². The third-order valence-corrected chi connectivity index (χ3v) is 5.80. The molecule has 2 aromatic heterocycles. The van der Waals surface area contributed by atoms with Gasteiger partial charge in [0, 0.05) is 34.9 Å². The Morgan fingerprint density at radius 1 is 1.09 bits per heavy atom. The van der Waals surface area contributed by atoms with E-state index in [1.165, 1.54) is 4.57 Å². The molecule has 1 aliphatic rings. The number of rotatable bonds is 5. The van der Waals surface area contributed by atoms with E-state index in [-0.39, 0.29) is 18.4 Å². The largest absolute Gasteiger partial charge is 0.497 e. The van der Waals surface area contributed by atoms with E-state index < -0.39 is 17.5 Å². The van der Waals surface area contributed by atoms with Gasteiger partial charge in [0.25, 0.3) is 5.91 Å². The van der Waals surface area contributed by atoms with Crippen LogP contribution in [-0.4, -0.2) is 38.7 Å². The maximum atomic E-state index is 13.0. The fourth-order valence-corrected chi connectivity index (χ4v) is 4.06. The predicted molar refractivity (Wildman–Crippen MR) is 120 cm³/mol. The molecule has 2 aromatic carbocycles. The number of hydrogen-bond acceptors (Lipinski definition) is 7. The van der Waals surface area contributed by atoms with Gasteiger partial charge in [-0.15, -0.1) is 0 Å². The number of anilines is 1. The van der Waals surface area contributed by atoms with Gasteiger partial charge in [0.05, 0.1) is 13.7 Å². The number of fused-ring (bicyclic) bond motifs is 1. The van der Waals surface area contributed by atoms with Crippen molar-refractivity contribution in [1.82, 2.24) is 25.2 Å². The molecule has 3 amide bonds. The number of benzene rings is 2. The maximum absolute atomic E-state index is 13.0. The van der Waals surface area contributed by atoms with Crippen molar-refractivity contribution in [2.45, 2.75) is 12.1 Å². The number of carbonyl (C=O) groups is 2. The minimum absolute atomic E-state index is 0.0161. The first-order valence-electron chi connectivity index (χ1n) is 10.1. The molecule has 4 aromatic rings. The van der Waals surface area contributed by atoms with Gasteiger partial charge in [-0.25, -0.2) is 14.8 Å². The molecule has 1 aliphatic heterocycles. The summed E-state index contributed by atoms with van der Waals surface area (Å²) in [5.74, 6) is 0.231. The van der Waals surface area contributed by atoms with Gasteiger partial charge in [0.15, 0.2) is 11.4 Å². The number of carbonyl (C=O) groups excluding carboxylic acids is 2. The highest BCUT2D eigenvalue weighted by molar-refractivity contribution is 6.07. The first kappa shape index (κ1) is 20.3. The van der Waals surface area contributed by atoms with E-state index >= 15 is 0 Å². The zero-order chi connectivity index (χ0) is 23.2. The van der Waals surface area contributed by atoms with Crippen molar-refractivity contribution in [3.05, 3.63) is 66.6 Å². The topological polar surface area (TPSA) is 144 Å². The summed E-state index contributed by atoms with van der Waals surface area (Å²) in [6.45, 7) is -0.0161. The Morgan fingerprint density at radius 2 is 1.82 bits per heavy atom. The summed E-state index contributed by atoms with van der Waals surface area (Å²) < 4.78 is 6.78. The summed E-state index contributed by atoms with van der Waals surface area (Å²) in [4.78, 5) is 33.1. The van der Waals surface area contributed by atoms with Crippen molar-refractivity contribution in [3.63, 3.8) is 0 Å². The SMILES string of the molecule is COc1ccc2cn(C[C@@]3(c4ccc(-c5cnc(N)nc5)cc4)NC(=O)NC3=O)c(O)c2c1. The molecule has 10 nitrogen and oxygen atoms in total. The van der Waals surface area contributed by atoms with Crippen LogP contribution in [0.25, 0.3) is 21.9 Å². The summed E-state index contributed by atoms with van der Waals surface area (Å²) in [6.07, 6.45) is 4.94. The molecule has 0 saturated carbocycles. The van der Waals surface area contributed by atoms with Gasteiger partial charge >= 0.3 is 6.03 Å². The van der Waals surface area contributed by atoms with Crippen LogP contribution >= 0.6 is 0 Å². The van der Waals surface area contributed by atoms with Gasteiger partial charge in [-0.05, 0) is 29.3 Å². The summed E-state index contributed by atoms with van der Waals surface area (Å²) in [6, 6.07) is 11.8. The average molecular weight is 444 g/mol. The highest BCUT2D eigenvalue weighted by Crippen LogP contribution is 2.35. The van der Waals surface area contributed by atoms with Gasteiger partial charge in [-0.1, -0.05) is 24.3 Å². The molecule has 0 radical (unpaired) electrons. The number of nitrogens with zero attached hydrogens (tertiary/aromatic N) is 3. The van der Waals surface area contributed by atoms with E-state index in [0.717, 1.165) is 16.5 Å². The fourth-order valence-electron chi connectivity index (χ4n) is 4.06. The van der Waals surface area contributed by atoms with Gasteiger partial charge in [0.2, 0.25) is 5.95 Å². The van der Waals surface area contributed by atoms with Crippen molar-refractivity contribution in [1.29, 1.82) is 0 Å². The Morgan fingerprint density at radius 3 is 2.45 bits per heavy atom. The Bertz CT molecular complexity index is 1380. The van der Waals surface area contributed by atoms with E-state index in [2.05, 4.69) is 20.6 Å². The standard InChI is InChI=1S/C23H20N6O4/c1-33-17-7-4-14-11-29(19(30)18(14)8-17)12-23(20(31)27-22(32)28-23)16-5-2-13(3-6-16)15-9-25-21(24)26-10-15/h2-11,30H,12H2,1H3,(H2,24,25,26)(H2,27,28,31,32)/t23-/m0/s1. The number of imide groups is 1. The lowest BCUT2D eigenvalue weighted by Crippen LogP contribution is -2.47. The first-order chi connectivity index (χ1) is 15.9. The van der Waals surface area contributed by atoms with Crippen LogP contribution in [0.3, 0.4) is 0 Å². The molecule has 166 valence electrons. The summed E-state index contributed by atoms with van der Waals surface area (Å²) in [5, 5.41) is 17.2. The lowest BCUT2D eigenvalue weighted by molar-refractivity contribution is -0.124. The molecule has 1 atom stereocenters. The molecule has 5 N–H and O–H groups in total. The highest BCUT2D eigenvalue weighted by Gasteiger charge is 2.48. The number of urea groups is 1. The van der Waals surface area contributed by atoms with Crippen molar-refractivity contribution >= 4 is 28.7 Å². The van der Waals surface area contributed by atoms with E-state index in [1.807, 2.05) is 6.07 Å². The number of ether oxygens (including phenoxy) is 1. The number of aromatic hydroxyl groups is 1. The molecular formula is C23H20N6O4. The van der Waals surface area contributed by atoms with Crippen LogP contribution in [0.2, 0.25) is 0 Å². The number of hydrogen-bond donors (Lipinski definition) is 4. The molecule has 1 fully saturated rings. The second kappa shape index (κ2) is 7.52. The van der Waals surface area contributed by atoms with Crippen molar-refractivity contribution in [2.24, 2.45) is 0 Å². The van der Waals surface area contributed by atoms with Gasteiger partial charge in [0.1, 0.15) is 5.75 Å². The molecule has 0 spiro atoms. The molecule has 33 heavy (non-hydrogen) atoms. The number of amides is 3. The number of aromatic nitrogens is 3. The Kier molecular flexibility index (Phi) is 4.63. The van der Waals surface area contributed by atoms with Crippen LogP contribution in [0, 0.1) is 0 Å². The number of nitrogens with two attached hydrogens (primary N) is 1. The second-order valence-electron chi connectivity index (χ2n) is 7.75. The summed E-state index contributed by atoms with van der Waals surface area (Å²) in [7, 11) is 1.54. The molecule has 5 rings (SSSR count). The minimum atomic E-state index is -1.41. The van der Waals surface area contributed by atoms with Crippen LogP contribution in [0.15, 0.2) is 61.1 Å². The van der Waals surface area contributed by atoms with E-state index in [0.29, 0.717) is 16.7 Å². The van der Waals surface area contributed by atoms with Crippen LogP contribution < -0.4 is 21.1 Å². The molecular weight excluding hydrogens is 424 g/mol. The van der Waals surface area contributed by atoms with Crippen molar-refractivity contribution in [3.8, 4) is 22.8 Å². The first-order valence-corrected chi connectivity index (χ1v) is 10.1. The van der Waals surface area contributed by atoms with Gasteiger partial charge in [-0.2, -0.15) is 0 Å². The average Bonchev–Trinajstić information content (AvgIpc) is 3.29. The Balaban J connectivity index is 1.55. The number of methoxy groups -OCH3 is 1. The summed E-state index contributed by atoms with van der Waals surface area (Å²) >= 11 is 0. The van der Waals surface area contributed by atoms with Gasteiger partial charge < -0.3 is 25.5 Å². The molecule has 10 heteroatoms. The zero-order valence-corrected chi connectivity index (χ0v) is 17.6. The lowest BCUT2D eigenvalue weighted by atomic mass is 9.88. The van der Waals surface area contributed by atoms with Crippen LogP contribution in [0.4, 0.5) is 10.7 Å². The smallest absolute Gasteiger partial charge is 0.322 e. The van der Waals surface area contributed by atoms with Crippen LogP contribution in [0.5, 0.6) is 11.6 Å². The third kappa shape index (κ3) is 3.37. The monoisotopic (exact) mass is 444 g/mol. The van der Waals surface area contributed by atoms with E-state index in [1.54, 1.807) is 62.1 Å². The van der Waals surface area contributed by atoms with Crippen molar-refractivity contribution in [2.75, 3.05) is 12.8 Å². The summed E-state index contributed by atoms with van der Waals surface area (Å²) in [5.41, 5.74) is 6.27. The van der Waals surface area contributed by atoms with Crippen LogP contribution in [0.1, 0.15) is 5.56 Å². The number of nitrogens with one attached hydrogen (secondary N) is 2. The Labute approximate surface area is 188 Å². The van der Waals surface area contributed by atoms with E-state index in [9.17, 15) is 14.7 Å². The fraction of sp³-hybridized carbons (Fsp3) is 0.130. The normalized spacial score (nSPS) is 17.7. The quantitative estimate of drug-likeness (QED) is 0.345. The minimum Gasteiger partial charge on any atom is -0.497 e. The molecule has 1 saturated heterocycles. The van der Waals surface area contributed by atoms with Crippen LogP contribution in [-0.2, 0) is 16.9 Å². The molecule has 0 bridgehead atoms. The molecule has 3 heterocycles. The maximum Gasteiger partial charge on any atom is 0.322 e. The third-order valence-electron chi connectivity index (χ3n) is 5.80. The molecule has 0 unspecified atom stereocenters. The predicted octanol–water partition coefficient (Wildman–Crippen LogP) is 2.13.